The summed E-state index contributed by atoms with van der Waals surface area (Å²) in [6, 6.07) is 7.28. The normalized spacial score (nSPS) is 12.6. The minimum Gasteiger partial charge on any atom is -0.314 e. The van der Waals surface area contributed by atoms with Crippen LogP contribution >= 0.6 is 11.3 Å². The highest BCUT2D eigenvalue weighted by Gasteiger charge is 2.11. The molecule has 2 nitrogen and oxygen atoms in total. The van der Waals surface area contributed by atoms with Gasteiger partial charge >= 0.3 is 0 Å². The second-order valence-electron chi connectivity index (χ2n) is 5.05. The van der Waals surface area contributed by atoms with Crippen molar-refractivity contribution < 1.29 is 0 Å². The SMILES string of the molecule is CCNC(Cc1ccc(C)c(C)c1)Cc1cncs1. The summed E-state index contributed by atoms with van der Waals surface area (Å²) in [4.78, 5) is 5.52. The van der Waals surface area contributed by atoms with Crippen LogP contribution in [0.25, 0.3) is 0 Å². The fraction of sp³-hybridized carbons (Fsp3) is 0.438. The third-order valence-corrected chi connectivity index (χ3v) is 4.28. The van der Waals surface area contributed by atoms with Crippen molar-refractivity contribution in [2.45, 2.75) is 39.7 Å². The van der Waals surface area contributed by atoms with Gasteiger partial charge in [0.25, 0.3) is 0 Å². The molecule has 1 unspecified atom stereocenters. The summed E-state index contributed by atoms with van der Waals surface area (Å²) in [5.41, 5.74) is 6.07. The maximum Gasteiger partial charge on any atom is 0.0794 e. The third kappa shape index (κ3) is 4.15. The molecule has 1 aromatic carbocycles. The molecule has 0 aliphatic rings. The van der Waals surface area contributed by atoms with E-state index in [-0.39, 0.29) is 0 Å². The molecule has 1 heterocycles. The first-order valence-electron chi connectivity index (χ1n) is 6.86. The first kappa shape index (κ1) is 14.2. The second-order valence-corrected chi connectivity index (χ2v) is 6.02. The molecule has 1 aromatic heterocycles. The molecule has 0 saturated carbocycles. The molecule has 2 rings (SSSR count). The van der Waals surface area contributed by atoms with Crippen LogP contribution in [0.4, 0.5) is 0 Å². The smallest absolute Gasteiger partial charge is 0.0794 e. The summed E-state index contributed by atoms with van der Waals surface area (Å²) >= 11 is 1.74. The number of benzene rings is 1. The van der Waals surface area contributed by atoms with Crippen molar-refractivity contribution in [1.29, 1.82) is 0 Å². The number of aromatic nitrogens is 1. The first-order chi connectivity index (χ1) is 9.19. The largest absolute Gasteiger partial charge is 0.314 e. The molecule has 19 heavy (non-hydrogen) atoms. The third-order valence-electron chi connectivity index (χ3n) is 3.48. The summed E-state index contributed by atoms with van der Waals surface area (Å²) in [5.74, 6) is 0. The maximum absolute atomic E-state index is 4.16. The molecule has 2 aromatic rings. The molecule has 0 spiro atoms. The number of nitrogens with zero attached hydrogens (tertiary/aromatic N) is 1. The molecule has 3 heteroatoms. The Kier molecular flexibility index (Phi) is 5.11. The van der Waals surface area contributed by atoms with Gasteiger partial charge in [-0.15, -0.1) is 11.3 Å². The van der Waals surface area contributed by atoms with Crippen LogP contribution in [0, 0.1) is 13.8 Å². The van der Waals surface area contributed by atoms with E-state index in [4.69, 9.17) is 0 Å². The zero-order chi connectivity index (χ0) is 13.7. The number of hydrogen-bond donors (Lipinski definition) is 1. The number of thiazole rings is 1. The van der Waals surface area contributed by atoms with E-state index in [0.717, 1.165) is 19.4 Å². The molecule has 1 N–H and O–H groups in total. The average molecular weight is 274 g/mol. The average Bonchev–Trinajstić information content (AvgIpc) is 2.87. The van der Waals surface area contributed by atoms with Crippen LogP contribution in [0.2, 0.25) is 0 Å². The van der Waals surface area contributed by atoms with Crippen molar-refractivity contribution >= 4 is 11.3 Å². The van der Waals surface area contributed by atoms with Gasteiger partial charge in [0.05, 0.1) is 5.51 Å². The summed E-state index contributed by atoms with van der Waals surface area (Å²) in [6.07, 6.45) is 4.12. The van der Waals surface area contributed by atoms with Gasteiger partial charge in [-0.05, 0) is 49.9 Å². The molecule has 0 radical (unpaired) electrons. The quantitative estimate of drug-likeness (QED) is 0.871. The van der Waals surface area contributed by atoms with E-state index in [1.807, 2.05) is 11.7 Å². The van der Waals surface area contributed by atoms with Crippen molar-refractivity contribution in [3.05, 3.63) is 51.5 Å². The summed E-state index contributed by atoms with van der Waals surface area (Å²) in [7, 11) is 0. The van der Waals surface area contributed by atoms with E-state index >= 15 is 0 Å². The highest BCUT2D eigenvalue weighted by atomic mass is 32.1. The Morgan fingerprint density at radius 1 is 1.21 bits per heavy atom. The van der Waals surface area contributed by atoms with Crippen LogP contribution in [0.15, 0.2) is 29.9 Å². The molecule has 1 atom stereocenters. The lowest BCUT2D eigenvalue weighted by atomic mass is 9.99. The van der Waals surface area contributed by atoms with Crippen LogP contribution < -0.4 is 5.32 Å². The fourth-order valence-electron chi connectivity index (χ4n) is 2.31. The first-order valence-corrected chi connectivity index (χ1v) is 7.74. The molecule has 0 bridgehead atoms. The Hall–Kier alpha value is -1.19. The monoisotopic (exact) mass is 274 g/mol. The van der Waals surface area contributed by atoms with Crippen LogP contribution in [0.3, 0.4) is 0 Å². The maximum atomic E-state index is 4.16. The summed E-state index contributed by atoms with van der Waals surface area (Å²) in [6.45, 7) is 7.52. The Bertz CT molecular complexity index is 505. The van der Waals surface area contributed by atoms with Gasteiger partial charge < -0.3 is 5.32 Å². The lowest BCUT2D eigenvalue weighted by Gasteiger charge is -2.17. The van der Waals surface area contributed by atoms with Crippen molar-refractivity contribution in [1.82, 2.24) is 10.3 Å². The van der Waals surface area contributed by atoms with Gasteiger partial charge in [0.2, 0.25) is 0 Å². The van der Waals surface area contributed by atoms with Gasteiger partial charge in [-0.25, -0.2) is 0 Å². The topological polar surface area (TPSA) is 24.9 Å². The van der Waals surface area contributed by atoms with Crippen LogP contribution in [0.5, 0.6) is 0 Å². The number of rotatable bonds is 6. The van der Waals surface area contributed by atoms with Gasteiger partial charge in [0, 0.05) is 17.1 Å². The van der Waals surface area contributed by atoms with Crippen LogP contribution in [0.1, 0.15) is 28.5 Å². The minimum absolute atomic E-state index is 0.493. The summed E-state index contributed by atoms with van der Waals surface area (Å²) < 4.78 is 0. The molecule has 0 amide bonds. The fourth-order valence-corrected chi connectivity index (χ4v) is 2.98. The van der Waals surface area contributed by atoms with E-state index in [1.54, 1.807) is 11.3 Å². The van der Waals surface area contributed by atoms with Gasteiger partial charge in [-0.3, -0.25) is 4.98 Å². The molecule has 0 aliphatic heterocycles. The van der Waals surface area contributed by atoms with E-state index in [2.05, 4.69) is 49.3 Å². The van der Waals surface area contributed by atoms with Gasteiger partial charge in [-0.1, -0.05) is 25.1 Å². The lowest BCUT2D eigenvalue weighted by molar-refractivity contribution is 0.524. The van der Waals surface area contributed by atoms with Crippen LogP contribution in [-0.4, -0.2) is 17.6 Å². The van der Waals surface area contributed by atoms with Crippen molar-refractivity contribution in [3.63, 3.8) is 0 Å². The van der Waals surface area contributed by atoms with E-state index in [9.17, 15) is 0 Å². The number of nitrogens with one attached hydrogen (secondary N) is 1. The molecular formula is C16H22N2S. The Morgan fingerprint density at radius 3 is 2.68 bits per heavy atom. The number of hydrogen-bond acceptors (Lipinski definition) is 3. The predicted molar refractivity (Wildman–Crippen MR) is 82.9 cm³/mol. The van der Waals surface area contributed by atoms with Crippen molar-refractivity contribution in [2.75, 3.05) is 6.54 Å². The zero-order valence-electron chi connectivity index (χ0n) is 11.9. The predicted octanol–water partition coefficient (Wildman–Crippen LogP) is 3.52. The van der Waals surface area contributed by atoms with Gasteiger partial charge in [0.15, 0.2) is 0 Å². The molecule has 0 aliphatic carbocycles. The van der Waals surface area contributed by atoms with Gasteiger partial charge in [-0.2, -0.15) is 0 Å². The van der Waals surface area contributed by atoms with Crippen LogP contribution in [-0.2, 0) is 12.8 Å². The zero-order valence-corrected chi connectivity index (χ0v) is 12.8. The molecule has 102 valence electrons. The Balaban J connectivity index is 2.05. The van der Waals surface area contributed by atoms with Crippen molar-refractivity contribution in [3.8, 4) is 0 Å². The van der Waals surface area contributed by atoms with E-state index in [0.29, 0.717) is 6.04 Å². The molecule has 0 fully saturated rings. The summed E-state index contributed by atoms with van der Waals surface area (Å²) in [5, 5.41) is 3.58. The molecular weight excluding hydrogens is 252 g/mol. The van der Waals surface area contributed by atoms with Gasteiger partial charge in [0.1, 0.15) is 0 Å². The van der Waals surface area contributed by atoms with Crippen molar-refractivity contribution in [2.24, 2.45) is 0 Å². The standard InChI is InChI=1S/C16H22N2S/c1-4-18-15(9-16-10-17-11-19-16)8-14-6-5-12(2)13(3)7-14/h5-7,10-11,15,18H,4,8-9H2,1-3H3. The number of aryl methyl sites for hydroxylation is 2. The number of likely N-dealkylation sites (N-methyl/N-ethyl adjacent to an activating group) is 1. The highest BCUT2D eigenvalue weighted by molar-refractivity contribution is 7.09. The van der Waals surface area contributed by atoms with E-state index in [1.165, 1.54) is 21.6 Å². The minimum atomic E-state index is 0.493. The Morgan fingerprint density at radius 2 is 2.05 bits per heavy atom. The Labute approximate surface area is 119 Å². The highest BCUT2D eigenvalue weighted by Crippen LogP contribution is 2.15. The lowest BCUT2D eigenvalue weighted by Crippen LogP contribution is -2.32. The van der Waals surface area contributed by atoms with E-state index < -0.39 is 0 Å². The molecule has 0 saturated heterocycles. The second kappa shape index (κ2) is 6.83.